The van der Waals surface area contributed by atoms with E-state index in [4.69, 9.17) is 0 Å². The predicted octanol–water partition coefficient (Wildman–Crippen LogP) is 4.26. The average molecular weight is 211 g/mol. The first-order chi connectivity index (χ1) is 7.81. The van der Waals surface area contributed by atoms with Crippen LogP contribution in [0.5, 0.6) is 0 Å². The Morgan fingerprint density at radius 2 is 1.88 bits per heavy atom. The molecule has 1 aromatic carbocycles. The zero-order valence-corrected chi connectivity index (χ0v) is 9.85. The van der Waals surface area contributed by atoms with Crippen LogP contribution >= 0.6 is 0 Å². The molecule has 0 fully saturated rings. The molecule has 0 aliphatic heterocycles. The molecule has 0 spiro atoms. The normalized spacial score (nSPS) is 12.4. The number of nitrogens with zero attached hydrogens (tertiary/aromatic N) is 1. The molecule has 0 amide bonds. The topological polar surface area (TPSA) is 12.9 Å². The summed E-state index contributed by atoms with van der Waals surface area (Å²) in [6.07, 6.45) is 3.07. The predicted molar refractivity (Wildman–Crippen MR) is 68.4 cm³/mol. The molecule has 0 N–H and O–H groups in total. The van der Waals surface area contributed by atoms with Crippen molar-refractivity contribution in [3.63, 3.8) is 0 Å². The zero-order chi connectivity index (χ0) is 11.4. The molecule has 82 valence electrons. The molecule has 0 bridgehead atoms. The number of pyridine rings is 1. The lowest BCUT2D eigenvalue weighted by molar-refractivity contribution is 0.732. The van der Waals surface area contributed by atoms with Gasteiger partial charge in [-0.3, -0.25) is 4.98 Å². The SMILES string of the molecule is CCC(C)c1ccnc(-c2ccccc2)c1. The van der Waals surface area contributed by atoms with E-state index in [9.17, 15) is 0 Å². The van der Waals surface area contributed by atoms with Gasteiger partial charge in [-0.2, -0.15) is 0 Å². The molecule has 0 aliphatic carbocycles. The van der Waals surface area contributed by atoms with Crippen LogP contribution in [0, 0.1) is 0 Å². The molecule has 2 rings (SSSR count). The van der Waals surface area contributed by atoms with Crippen LogP contribution in [0.1, 0.15) is 31.7 Å². The second-order valence-corrected chi connectivity index (χ2v) is 4.15. The minimum atomic E-state index is 0.602. The van der Waals surface area contributed by atoms with Crippen LogP contribution in [0.2, 0.25) is 0 Å². The fourth-order valence-electron chi connectivity index (χ4n) is 1.76. The van der Waals surface area contributed by atoms with Crippen molar-refractivity contribution >= 4 is 0 Å². The van der Waals surface area contributed by atoms with Crippen LogP contribution in [0.25, 0.3) is 11.3 Å². The van der Waals surface area contributed by atoms with Gasteiger partial charge in [-0.05, 0) is 30.0 Å². The summed E-state index contributed by atoms with van der Waals surface area (Å²) >= 11 is 0. The second kappa shape index (κ2) is 4.93. The maximum Gasteiger partial charge on any atom is 0.0704 e. The van der Waals surface area contributed by atoms with Crippen LogP contribution in [-0.4, -0.2) is 4.98 Å². The van der Waals surface area contributed by atoms with Crippen molar-refractivity contribution in [1.82, 2.24) is 4.98 Å². The average Bonchev–Trinajstić information content (AvgIpc) is 2.39. The number of benzene rings is 1. The summed E-state index contributed by atoms with van der Waals surface area (Å²) < 4.78 is 0. The summed E-state index contributed by atoms with van der Waals surface area (Å²) in [6.45, 7) is 4.47. The Morgan fingerprint density at radius 3 is 2.56 bits per heavy atom. The number of hydrogen-bond acceptors (Lipinski definition) is 1. The van der Waals surface area contributed by atoms with E-state index in [-0.39, 0.29) is 0 Å². The fourth-order valence-corrected chi connectivity index (χ4v) is 1.76. The van der Waals surface area contributed by atoms with E-state index >= 15 is 0 Å². The van der Waals surface area contributed by atoms with Gasteiger partial charge in [-0.15, -0.1) is 0 Å². The Balaban J connectivity index is 2.36. The van der Waals surface area contributed by atoms with Gasteiger partial charge in [0.25, 0.3) is 0 Å². The molecule has 1 atom stereocenters. The third kappa shape index (κ3) is 2.30. The van der Waals surface area contributed by atoms with Gasteiger partial charge < -0.3 is 0 Å². The summed E-state index contributed by atoms with van der Waals surface area (Å²) in [6, 6.07) is 14.6. The third-order valence-electron chi connectivity index (χ3n) is 3.03. The summed E-state index contributed by atoms with van der Waals surface area (Å²) in [4.78, 5) is 4.43. The molecule has 1 heteroatoms. The van der Waals surface area contributed by atoms with Crippen LogP contribution in [-0.2, 0) is 0 Å². The van der Waals surface area contributed by atoms with E-state index in [1.807, 2.05) is 24.4 Å². The van der Waals surface area contributed by atoms with Crippen LogP contribution in [0.15, 0.2) is 48.7 Å². The Hall–Kier alpha value is -1.63. The molecule has 1 nitrogen and oxygen atoms in total. The summed E-state index contributed by atoms with van der Waals surface area (Å²) in [7, 11) is 0. The summed E-state index contributed by atoms with van der Waals surface area (Å²) in [5.74, 6) is 0.602. The highest BCUT2D eigenvalue weighted by atomic mass is 14.7. The van der Waals surface area contributed by atoms with Gasteiger partial charge in [0.1, 0.15) is 0 Å². The molecule has 1 heterocycles. The highest BCUT2D eigenvalue weighted by Crippen LogP contribution is 2.23. The Kier molecular flexibility index (Phi) is 3.35. The van der Waals surface area contributed by atoms with Gasteiger partial charge in [0.15, 0.2) is 0 Å². The maximum atomic E-state index is 4.43. The number of rotatable bonds is 3. The quantitative estimate of drug-likeness (QED) is 0.739. The highest BCUT2D eigenvalue weighted by Gasteiger charge is 2.05. The number of hydrogen-bond donors (Lipinski definition) is 0. The second-order valence-electron chi connectivity index (χ2n) is 4.15. The lowest BCUT2D eigenvalue weighted by atomic mass is 9.98. The van der Waals surface area contributed by atoms with E-state index in [0.717, 1.165) is 12.1 Å². The summed E-state index contributed by atoms with van der Waals surface area (Å²) in [5, 5.41) is 0. The first-order valence-corrected chi connectivity index (χ1v) is 5.82. The summed E-state index contributed by atoms with van der Waals surface area (Å²) in [5.41, 5.74) is 3.63. The Morgan fingerprint density at radius 1 is 1.12 bits per heavy atom. The molecule has 0 saturated heterocycles. The Labute approximate surface area is 97.2 Å². The van der Waals surface area contributed by atoms with Crippen molar-refractivity contribution in [2.24, 2.45) is 0 Å². The highest BCUT2D eigenvalue weighted by molar-refractivity contribution is 5.59. The smallest absolute Gasteiger partial charge is 0.0704 e. The van der Waals surface area contributed by atoms with Gasteiger partial charge in [0.05, 0.1) is 5.69 Å². The standard InChI is InChI=1S/C15H17N/c1-3-12(2)14-9-10-16-15(11-14)13-7-5-4-6-8-13/h4-12H,3H2,1-2H3. The van der Waals surface area contributed by atoms with Gasteiger partial charge in [-0.25, -0.2) is 0 Å². The van der Waals surface area contributed by atoms with E-state index < -0.39 is 0 Å². The van der Waals surface area contributed by atoms with Crippen molar-refractivity contribution in [2.75, 3.05) is 0 Å². The maximum absolute atomic E-state index is 4.43. The molecular weight excluding hydrogens is 194 g/mol. The van der Waals surface area contributed by atoms with Crippen LogP contribution in [0.4, 0.5) is 0 Å². The van der Waals surface area contributed by atoms with Crippen LogP contribution < -0.4 is 0 Å². The van der Waals surface area contributed by atoms with Crippen molar-refractivity contribution in [3.8, 4) is 11.3 Å². The van der Waals surface area contributed by atoms with Crippen molar-refractivity contribution in [3.05, 3.63) is 54.2 Å². The Bertz CT molecular complexity index is 448. The van der Waals surface area contributed by atoms with Crippen LogP contribution in [0.3, 0.4) is 0 Å². The lowest BCUT2D eigenvalue weighted by Gasteiger charge is -2.10. The lowest BCUT2D eigenvalue weighted by Crippen LogP contribution is -1.93. The molecule has 16 heavy (non-hydrogen) atoms. The van der Waals surface area contributed by atoms with Gasteiger partial charge >= 0.3 is 0 Å². The minimum absolute atomic E-state index is 0.602. The molecule has 0 saturated carbocycles. The van der Waals surface area contributed by atoms with Gasteiger partial charge in [-0.1, -0.05) is 44.2 Å². The molecular formula is C15H17N. The van der Waals surface area contributed by atoms with E-state index in [0.29, 0.717) is 5.92 Å². The molecule has 1 unspecified atom stereocenters. The molecule has 0 radical (unpaired) electrons. The van der Waals surface area contributed by atoms with E-state index in [1.165, 1.54) is 11.1 Å². The molecule has 1 aromatic heterocycles. The van der Waals surface area contributed by atoms with Crippen molar-refractivity contribution in [2.45, 2.75) is 26.2 Å². The van der Waals surface area contributed by atoms with Gasteiger partial charge in [0, 0.05) is 11.8 Å². The van der Waals surface area contributed by atoms with Crippen molar-refractivity contribution in [1.29, 1.82) is 0 Å². The van der Waals surface area contributed by atoms with E-state index in [2.05, 4.69) is 43.1 Å². The van der Waals surface area contributed by atoms with Crippen molar-refractivity contribution < 1.29 is 0 Å². The molecule has 0 aliphatic rings. The molecule has 2 aromatic rings. The minimum Gasteiger partial charge on any atom is -0.256 e. The largest absolute Gasteiger partial charge is 0.256 e. The van der Waals surface area contributed by atoms with E-state index in [1.54, 1.807) is 0 Å². The van der Waals surface area contributed by atoms with Gasteiger partial charge in [0.2, 0.25) is 0 Å². The monoisotopic (exact) mass is 211 g/mol. The first-order valence-electron chi connectivity index (χ1n) is 5.82. The zero-order valence-electron chi connectivity index (χ0n) is 9.85. The fraction of sp³-hybridized carbons (Fsp3) is 0.267. The first kappa shape index (κ1) is 10.9. The number of aromatic nitrogens is 1. The third-order valence-corrected chi connectivity index (χ3v) is 3.03.